The molecule has 3 aromatic rings. The summed E-state index contributed by atoms with van der Waals surface area (Å²) >= 11 is 0. The van der Waals surface area contributed by atoms with Crippen molar-refractivity contribution in [2.75, 3.05) is 0 Å². The molecular weight excluding hydrogens is 331 g/mol. The second-order valence-electron chi connectivity index (χ2n) is 6.74. The van der Waals surface area contributed by atoms with Crippen LogP contribution in [0.1, 0.15) is 42.0 Å². The Labute approximate surface area is 151 Å². The summed E-state index contributed by atoms with van der Waals surface area (Å²) in [6.45, 7) is 2.20. The van der Waals surface area contributed by atoms with Crippen LogP contribution < -0.4 is 10.4 Å². The molecule has 0 aliphatic heterocycles. The van der Waals surface area contributed by atoms with E-state index in [1.54, 1.807) is 24.3 Å². The van der Waals surface area contributed by atoms with Crippen LogP contribution in [0.5, 0.6) is 5.75 Å². The van der Waals surface area contributed by atoms with Gasteiger partial charge in [-0.2, -0.15) is 0 Å². The first-order chi connectivity index (χ1) is 12.7. The molecule has 134 valence electrons. The summed E-state index contributed by atoms with van der Waals surface area (Å²) in [5, 5.41) is 1.01. The van der Waals surface area contributed by atoms with E-state index in [0.717, 1.165) is 54.2 Å². The fourth-order valence-corrected chi connectivity index (χ4v) is 3.70. The number of hydrogen-bond acceptors (Lipinski definition) is 3. The molecular formula is C22H21FO3. The molecule has 0 bridgehead atoms. The minimum Gasteiger partial charge on any atom is -0.488 e. The molecule has 3 nitrogen and oxygen atoms in total. The van der Waals surface area contributed by atoms with Gasteiger partial charge in [0.1, 0.15) is 23.8 Å². The quantitative estimate of drug-likeness (QED) is 0.624. The Morgan fingerprint density at radius 2 is 1.85 bits per heavy atom. The summed E-state index contributed by atoms with van der Waals surface area (Å²) in [4.78, 5) is 12.3. The Bertz CT molecular complexity index is 1020. The highest BCUT2D eigenvalue weighted by atomic mass is 19.1. The molecule has 1 heterocycles. The van der Waals surface area contributed by atoms with Gasteiger partial charge in [-0.1, -0.05) is 25.1 Å². The molecule has 0 atom stereocenters. The molecule has 1 aromatic heterocycles. The molecule has 0 radical (unpaired) electrons. The second-order valence-corrected chi connectivity index (χ2v) is 6.74. The zero-order valence-corrected chi connectivity index (χ0v) is 14.8. The highest BCUT2D eigenvalue weighted by Crippen LogP contribution is 2.32. The van der Waals surface area contributed by atoms with Crippen LogP contribution >= 0.6 is 0 Å². The van der Waals surface area contributed by atoms with Crippen molar-refractivity contribution in [3.05, 3.63) is 74.9 Å². The maximum atomic E-state index is 13.8. The maximum absolute atomic E-state index is 13.8. The van der Waals surface area contributed by atoms with Crippen LogP contribution in [0.2, 0.25) is 0 Å². The zero-order valence-electron chi connectivity index (χ0n) is 14.8. The van der Waals surface area contributed by atoms with Gasteiger partial charge in [0.05, 0.1) is 0 Å². The third-order valence-electron chi connectivity index (χ3n) is 5.13. The van der Waals surface area contributed by atoms with E-state index < -0.39 is 0 Å². The van der Waals surface area contributed by atoms with E-state index in [4.69, 9.17) is 9.15 Å². The van der Waals surface area contributed by atoms with Crippen molar-refractivity contribution in [3.63, 3.8) is 0 Å². The Kier molecular flexibility index (Phi) is 4.49. The lowest BCUT2D eigenvalue weighted by atomic mass is 9.90. The third-order valence-corrected chi connectivity index (χ3v) is 5.13. The Balaban J connectivity index is 1.75. The van der Waals surface area contributed by atoms with Gasteiger partial charge in [0.25, 0.3) is 0 Å². The first-order valence-corrected chi connectivity index (χ1v) is 9.15. The Morgan fingerprint density at radius 3 is 2.62 bits per heavy atom. The smallest absolute Gasteiger partial charge is 0.339 e. The molecule has 0 N–H and O–H groups in total. The standard InChI is InChI=1S/C22H21FO3/c1-2-14-11-18-16-8-4-5-9-17(16)22(24)26-21(18)12-20(14)25-13-15-7-3-6-10-19(15)23/h3,6-7,10-12H,2,4-5,8-9,13H2,1H3. The molecule has 0 amide bonds. The van der Waals surface area contributed by atoms with Gasteiger partial charge in [-0.25, -0.2) is 9.18 Å². The van der Waals surface area contributed by atoms with E-state index in [0.29, 0.717) is 16.9 Å². The summed E-state index contributed by atoms with van der Waals surface area (Å²) in [5.74, 6) is 0.356. The van der Waals surface area contributed by atoms with Crippen molar-refractivity contribution >= 4 is 11.0 Å². The summed E-state index contributed by atoms with van der Waals surface area (Å²) in [5.41, 5.74) is 3.80. The lowest BCUT2D eigenvalue weighted by Gasteiger charge is -2.18. The van der Waals surface area contributed by atoms with Gasteiger partial charge < -0.3 is 9.15 Å². The second kappa shape index (κ2) is 6.94. The lowest BCUT2D eigenvalue weighted by molar-refractivity contribution is 0.297. The van der Waals surface area contributed by atoms with Crippen molar-refractivity contribution in [3.8, 4) is 5.75 Å². The van der Waals surface area contributed by atoms with E-state index in [-0.39, 0.29) is 18.0 Å². The Hall–Kier alpha value is -2.62. The topological polar surface area (TPSA) is 39.4 Å². The number of hydrogen-bond donors (Lipinski definition) is 0. The van der Waals surface area contributed by atoms with E-state index in [1.165, 1.54) is 6.07 Å². The zero-order chi connectivity index (χ0) is 18.1. The van der Waals surface area contributed by atoms with Crippen LogP contribution in [0.3, 0.4) is 0 Å². The summed E-state index contributed by atoms with van der Waals surface area (Å²) in [7, 11) is 0. The average molecular weight is 352 g/mol. The number of benzene rings is 2. The highest BCUT2D eigenvalue weighted by Gasteiger charge is 2.19. The van der Waals surface area contributed by atoms with Gasteiger partial charge in [0.15, 0.2) is 0 Å². The molecule has 1 aliphatic carbocycles. The van der Waals surface area contributed by atoms with Crippen molar-refractivity contribution in [2.24, 2.45) is 0 Å². The van der Waals surface area contributed by atoms with Crippen molar-refractivity contribution in [1.29, 1.82) is 0 Å². The largest absolute Gasteiger partial charge is 0.488 e. The molecule has 0 saturated heterocycles. The third kappa shape index (κ3) is 3.00. The molecule has 0 saturated carbocycles. The van der Waals surface area contributed by atoms with Crippen LogP contribution in [0.25, 0.3) is 11.0 Å². The van der Waals surface area contributed by atoms with Crippen LogP contribution in [-0.2, 0) is 25.9 Å². The summed E-state index contributed by atoms with van der Waals surface area (Å²) < 4.78 is 25.3. The van der Waals surface area contributed by atoms with E-state index in [2.05, 4.69) is 13.0 Å². The van der Waals surface area contributed by atoms with Crippen LogP contribution in [0.15, 0.2) is 45.6 Å². The van der Waals surface area contributed by atoms with Crippen LogP contribution in [0.4, 0.5) is 4.39 Å². The molecule has 2 aromatic carbocycles. The number of fused-ring (bicyclic) bond motifs is 3. The lowest BCUT2D eigenvalue weighted by Crippen LogP contribution is -2.16. The monoisotopic (exact) mass is 352 g/mol. The molecule has 4 heteroatoms. The molecule has 26 heavy (non-hydrogen) atoms. The highest BCUT2D eigenvalue weighted by molar-refractivity contribution is 5.84. The molecule has 0 fully saturated rings. The van der Waals surface area contributed by atoms with Crippen molar-refractivity contribution < 1.29 is 13.5 Å². The van der Waals surface area contributed by atoms with Crippen molar-refractivity contribution in [2.45, 2.75) is 45.6 Å². The van der Waals surface area contributed by atoms with Gasteiger partial charge >= 0.3 is 5.63 Å². The van der Waals surface area contributed by atoms with E-state index >= 15 is 0 Å². The van der Waals surface area contributed by atoms with Gasteiger partial charge in [0.2, 0.25) is 0 Å². The summed E-state index contributed by atoms with van der Waals surface area (Å²) in [6.07, 6.45) is 4.62. The number of aryl methyl sites for hydroxylation is 2. The normalized spacial score (nSPS) is 13.6. The predicted octanol–water partition coefficient (Wildman–Crippen LogP) is 4.95. The number of ether oxygens (including phenoxy) is 1. The minimum atomic E-state index is -0.285. The average Bonchev–Trinajstić information content (AvgIpc) is 2.67. The number of halogens is 1. The first-order valence-electron chi connectivity index (χ1n) is 9.15. The first kappa shape index (κ1) is 16.8. The molecule has 4 rings (SSSR count). The van der Waals surface area contributed by atoms with Gasteiger partial charge in [-0.15, -0.1) is 0 Å². The van der Waals surface area contributed by atoms with Gasteiger partial charge in [-0.05, 0) is 55.4 Å². The van der Waals surface area contributed by atoms with E-state index in [1.807, 2.05) is 0 Å². The van der Waals surface area contributed by atoms with Gasteiger partial charge in [0, 0.05) is 22.6 Å². The van der Waals surface area contributed by atoms with Crippen molar-refractivity contribution in [1.82, 2.24) is 0 Å². The fourth-order valence-electron chi connectivity index (χ4n) is 3.70. The van der Waals surface area contributed by atoms with Gasteiger partial charge in [-0.3, -0.25) is 0 Å². The fraction of sp³-hybridized carbons (Fsp3) is 0.318. The number of rotatable bonds is 4. The van der Waals surface area contributed by atoms with Crippen LogP contribution in [0, 0.1) is 5.82 Å². The maximum Gasteiger partial charge on any atom is 0.339 e. The summed E-state index contributed by atoms with van der Waals surface area (Å²) in [6, 6.07) is 10.4. The minimum absolute atomic E-state index is 0.139. The molecule has 0 unspecified atom stereocenters. The molecule has 1 aliphatic rings. The van der Waals surface area contributed by atoms with E-state index in [9.17, 15) is 9.18 Å². The van der Waals surface area contributed by atoms with Crippen LogP contribution in [-0.4, -0.2) is 0 Å². The predicted molar refractivity (Wildman–Crippen MR) is 99.2 cm³/mol. The SMILES string of the molecule is CCc1cc2c3c(c(=O)oc2cc1OCc1ccccc1F)CCCC3. The Morgan fingerprint density at radius 1 is 1.08 bits per heavy atom. The molecule has 0 spiro atoms.